The largest absolute Gasteiger partial charge is 0.496 e. The Kier molecular flexibility index (Phi) is 5.87. The Labute approximate surface area is 176 Å². The van der Waals surface area contributed by atoms with Crippen molar-refractivity contribution in [2.24, 2.45) is 0 Å². The molecule has 3 rings (SSSR count). The highest BCUT2D eigenvalue weighted by Gasteiger charge is 2.37. The molecule has 0 saturated carbocycles. The zero-order valence-electron chi connectivity index (χ0n) is 14.9. The second kappa shape index (κ2) is 7.95. The summed E-state index contributed by atoms with van der Waals surface area (Å²) in [5.41, 5.74) is -2.73. The Hall–Kier alpha value is -2.53. The molecule has 0 aromatic heterocycles. The van der Waals surface area contributed by atoms with Gasteiger partial charge in [-0.3, -0.25) is 4.79 Å². The predicted molar refractivity (Wildman–Crippen MR) is 105 cm³/mol. The van der Waals surface area contributed by atoms with Crippen LogP contribution < -0.4 is 10.1 Å². The molecule has 2 aromatic carbocycles. The third-order valence-electron chi connectivity index (χ3n) is 4.08. The number of hydrogen-bond acceptors (Lipinski definition) is 4. The fraction of sp³-hybridized carbons (Fsp3) is 0.158. The maximum Gasteiger partial charge on any atom is 0.416 e. The molecule has 0 atom stereocenters. The minimum atomic E-state index is -4.96. The van der Waals surface area contributed by atoms with E-state index in [1.54, 1.807) is 0 Å². The summed E-state index contributed by atoms with van der Waals surface area (Å²) in [6, 6.07) is 5.42. The SMILES string of the molecule is COc1ccc(-c2cc(C(F)(F)F)cc(C(F)(F)F)c2)cc1/C=C1\SC(=S)NC1=O. The number of thioether (sulfide) groups is 1. The highest BCUT2D eigenvalue weighted by Crippen LogP contribution is 2.39. The van der Waals surface area contributed by atoms with Crippen molar-refractivity contribution in [2.45, 2.75) is 12.4 Å². The molecule has 0 unspecified atom stereocenters. The van der Waals surface area contributed by atoms with Gasteiger partial charge in [0, 0.05) is 5.56 Å². The molecule has 0 aliphatic carbocycles. The Morgan fingerprint density at radius 1 is 0.967 bits per heavy atom. The summed E-state index contributed by atoms with van der Waals surface area (Å²) >= 11 is 5.88. The average molecular weight is 463 g/mol. The summed E-state index contributed by atoms with van der Waals surface area (Å²) in [7, 11) is 1.34. The van der Waals surface area contributed by atoms with E-state index in [-0.39, 0.29) is 32.2 Å². The minimum absolute atomic E-state index is 0.0658. The Morgan fingerprint density at radius 2 is 1.57 bits per heavy atom. The van der Waals surface area contributed by atoms with E-state index < -0.39 is 29.4 Å². The van der Waals surface area contributed by atoms with E-state index in [1.807, 2.05) is 0 Å². The van der Waals surface area contributed by atoms with Crippen LogP contribution in [-0.4, -0.2) is 17.3 Å². The second-order valence-corrected chi connectivity index (χ2v) is 7.82. The Balaban J connectivity index is 2.16. The lowest BCUT2D eigenvalue weighted by molar-refractivity contribution is -0.143. The van der Waals surface area contributed by atoms with Gasteiger partial charge in [-0.2, -0.15) is 26.3 Å². The van der Waals surface area contributed by atoms with Crippen LogP contribution >= 0.6 is 24.0 Å². The van der Waals surface area contributed by atoms with E-state index in [1.165, 1.54) is 31.4 Å². The van der Waals surface area contributed by atoms with Gasteiger partial charge < -0.3 is 10.1 Å². The average Bonchev–Trinajstić information content (AvgIpc) is 2.96. The fourth-order valence-corrected chi connectivity index (χ4v) is 3.75. The lowest BCUT2D eigenvalue weighted by atomic mass is 9.97. The molecular formula is C19H11F6NO2S2. The van der Waals surface area contributed by atoms with Gasteiger partial charge in [0.15, 0.2) is 0 Å². The molecular weight excluding hydrogens is 452 g/mol. The third-order valence-corrected chi connectivity index (χ3v) is 5.24. The quantitative estimate of drug-likeness (QED) is 0.350. The number of hydrogen-bond donors (Lipinski definition) is 1. The van der Waals surface area contributed by atoms with Crippen molar-refractivity contribution in [2.75, 3.05) is 7.11 Å². The van der Waals surface area contributed by atoms with Crippen LogP contribution in [0.2, 0.25) is 0 Å². The topological polar surface area (TPSA) is 38.3 Å². The lowest BCUT2D eigenvalue weighted by Gasteiger charge is -2.15. The van der Waals surface area contributed by atoms with Crippen molar-refractivity contribution in [3.63, 3.8) is 0 Å². The molecule has 2 aromatic rings. The molecule has 1 saturated heterocycles. The number of carbonyl (C=O) groups excluding carboxylic acids is 1. The first-order valence-corrected chi connectivity index (χ1v) is 9.33. The van der Waals surface area contributed by atoms with E-state index in [0.29, 0.717) is 17.7 Å². The summed E-state index contributed by atoms with van der Waals surface area (Å²) in [5.74, 6) is -0.184. The zero-order valence-corrected chi connectivity index (χ0v) is 16.6. The zero-order chi connectivity index (χ0) is 22.3. The van der Waals surface area contributed by atoms with Crippen molar-refractivity contribution in [3.05, 3.63) is 58.0 Å². The van der Waals surface area contributed by atoms with Gasteiger partial charge in [0.05, 0.1) is 23.1 Å². The number of alkyl halides is 6. The summed E-state index contributed by atoms with van der Waals surface area (Å²) in [6.07, 6.45) is -8.51. The van der Waals surface area contributed by atoms with E-state index in [4.69, 9.17) is 17.0 Å². The van der Waals surface area contributed by atoms with Crippen molar-refractivity contribution in [1.82, 2.24) is 5.32 Å². The van der Waals surface area contributed by atoms with E-state index in [2.05, 4.69) is 5.32 Å². The number of benzene rings is 2. The van der Waals surface area contributed by atoms with Crippen LogP contribution in [0.3, 0.4) is 0 Å². The predicted octanol–water partition coefficient (Wildman–Crippen LogP) is 5.89. The maximum atomic E-state index is 13.1. The molecule has 1 amide bonds. The molecule has 3 nitrogen and oxygen atoms in total. The molecule has 1 heterocycles. The van der Waals surface area contributed by atoms with E-state index in [0.717, 1.165) is 11.8 Å². The second-order valence-electron chi connectivity index (χ2n) is 6.10. The fourth-order valence-electron chi connectivity index (χ4n) is 2.71. The number of halogens is 6. The number of nitrogens with one attached hydrogen (secondary N) is 1. The minimum Gasteiger partial charge on any atom is -0.496 e. The van der Waals surface area contributed by atoms with Gasteiger partial charge >= 0.3 is 12.4 Å². The Bertz CT molecular complexity index is 1030. The van der Waals surface area contributed by atoms with Crippen LogP contribution in [0, 0.1) is 0 Å². The van der Waals surface area contributed by atoms with Gasteiger partial charge in [0.2, 0.25) is 0 Å². The number of methoxy groups -OCH3 is 1. The standard InChI is InChI=1S/C19H11F6NO2S2/c1-28-14-3-2-9(4-11(14)7-15-16(27)26-17(29)30-15)10-5-12(18(20,21)22)8-13(6-10)19(23,24)25/h2-8H,1H3,(H,26,27,29)/b15-7-. The highest BCUT2D eigenvalue weighted by atomic mass is 32.2. The number of carbonyl (C=O) groups is 1. The summed E-state index contributed by atoms with van der Waals surface area (Å²) in [4.78, 5) is 12.1. The first kappa shape index (κ1) is 22.2. The molecule has 1 aliphatic rings. The number of thiocarbonyl (C=S) groups is 1. The monoisotopic (exact) mass is 463 g/mol. The summed E-state index contributed by atoms with van der Waals surface area (Å²) < 4.78 is 84.3. The molecule has 0 radical (unpaired) electrons. The molecule has 30 heavy (non-hydrogen) atoms. The first-order valence-electron chi connectivity index (χ1n) is 8.11. The van der Waals surface area contributed by atoms with Gasteiger partial charge in [-0.15, -0.1) is 0 Å². The summed E-state index contributed by atoms with van der Waals surface area (Å²) in [6.45, 7) is 0. The van der Waals surface area contributed by atoms with Gasteiger partial charge in [-0.25, -0.2) is 0 Å². The molecule has 1 aliphatic heterocycles. The van der Waals surface area contributed by atoms with Crippen LogP contribution in [0.5, 0.6) is 5.75 Å². The molecule has 1 N–H and O–H groups in total. The van der Waals surface area contributed by atoms with Crippen LogP contribution in [0.4, 0.5) is 26.3 Å². The van der Waals surface area contributed by atoms with Crippen LogP contribution in [0.15, 0.2) is 41.3 Å². The summed E-state index contributed by atoms with van der Waals surface area (Å²) in [5, 5.41) is 2.42. The van der Waals surface area contributed by atoms with Crippen LogP contribution in [0.1, 0.15) is 16.7 Å². The van der Waals surface area contributed by atoms with Gasteiger partial charge in [0.1, 0.15) is 10.1 Å². The lowest BCUT2D eigenvalue weighted by Crippen LogP contribution is -2.17. The van der Waals surface area contributed by atoms with Crippen LogP contribution in [-0.2, 0) is 17.1 Å². The molecule has 11 heteroatoms. The molecule has 0 bridgehead atoms. The van der Waals surface area contributed by atoms with Gasteiger partial charge in [-0.05, 0) is 47.5 Å². The number of ether oxygens (including phenoxy) is 1. The molecule has 158 valence electrons. The van der Waals surface area contributed by atoms with E-state index in [9.17, 15) is 31.1 Å². The Morgan fingerprint density at radius 3 is 2.03 bits per heavy atom. The van der Waals surface area contributed by atoms with Crippen molar-refractivity contribution < 1.29 is 35.9 Å². The third kappa shape index (κ3) is 4.78. The van der Waals surface area contributed by atoms with Crippen molar-refractivity contribution >= 4 is 40.3 Å². The molecule has 1 fully saturated rings. The van der Waals surface area contributed by atoms with Gasteiger partial charge in [0.25, 0.3) is 5.91 Å². The van der Waals surface area contributed by atoms with Crippen molar-refractivity contribution in [1.29, 1.82) is 0 Å². The van der Waals surface area contributed by atoms with Crippen LogP contribution in [0.25, 0.3) is 17.2 Å². The van der Waals surface area contributed by atoms with E-state index >= 15 is 0 Å². The van der Waals surface area contributed by atoms with Crippen molar-refractivity contribution in [3.8, 4) is 16.9 Å². The molecule has 0 spiro atoms. The van der Waals surface area contributed by atoms with Gasteiger partial charge in [-0.1, -0.05) is 30.0 Å². The smallest absolute Gasteiger partial charge is 0.416 e. The first-order chi connectivity index (χ1) is 13.9. The maximum absolute atomic E-state index is 13.1. The highest BCUT2D eigenvalue weighted by molar-refractivity contribution is 8.26. The number of rotatable bonds is 3. The number of amides is 1. The normalized spacial score (nSPS) is 16.2.